The number of rotatable bonds is 6. The van der Waals surface area contributed by atoms with Crippen LogP contribution in [0.3, 0.4) is 0 Å². The van der Waals surface area contributed by atoms with Crippen molar-refractivity contribution < 1.29 is 19.0 Å². The number of nitrogens with zero attached hydrogens (tertiary/aromatic N) is 2. The highest BCUT2D eigenvalue weighted by molar-refractivity contribution is 7.16. The molecular formula is C20H22N2O4S. The fourth-order valence-corrected chi connectivity index (χ4v) is 3.86. The molecule has 0 aliphatic carbocycles. The molecule has 0 saturated heterocycles. The van der Waals surface area contributed by atoms with Crippen molar-refractivity contribution in [3.8, 4) is 17.2 Å². The van der Waals surface area contributed by atoms with Gasteiger partial charge in [0.25, 0.3) is 5.91 Å². The average Bonchev–Trinajstić information content (AvgIpc) is 3.03. The van der Waals surface area contributed by atoms with Crippen molar-refractivity contribution in [2.24, 2.45) is 4.99 Å². The lowest BCUT2D eigenvalue weighted by atomic mass is 10.2. The highest BCUT2D eigenvalue weighted by Crippen LogP contribution is 2.26. The van der Waals surface area contributed by atoms with E-state index in [1.807, 2.05) is 18.2 Å². The number of hydrogen-bond donors (Lipinski definition) is 0. The van der Waals surface area contributed by atoms with Crippen LogP contribution in [0, 0.1) is 0 Å². The zero-order valence-electron chi connectivity index (χ0n) is 15.8. The van der Waals surface area contributed by atoms with Crippen LogP contribution in [-0.2, 0) is 6.54 Å². The molecule has 1 aromatic heterocycles. The van der Waals surface area contributed by atoms with Crippen LogP contribution in [-0.4, -0.2) is 31.8 Å². The average molecular weight is 386 g/mol. The SMILES string of the molecule is CCCn1c(=NC(=O)c2ccc(OC)cc2OC)sc2ccc(OC)cc21. The van der Waals surface area contributed by atoms with Crippen molar-refractivity contribution in [1.82, 2.24) is 4.57 Å². The Morgan fingerprint density at radius 1 is 1.04 bits per heavy atom. The molecule has 0 aliphatic rings. The predicted octanol–water partition coefficient (Wildman–Crippen LogP) is 3.88. The monoisotopic (exact) mass is 386 g/mol. The summed E-state index contributed by atoms with van der Waals surface area (Å²) in [6, 6.07) is 10.9. The summed E-state index contributed by atoms with van der Waals surface area (Å²) in [6.45, 7) is 2.85. The Kier molecular flexibility index (Phi) is 5.81. The number of ether oxygens (including phenoxy) is 3. The van der Waals surface area contributed by atoms with Gasteiger partial charge in [0.1, 0.15) is 17.2 Å². The van der Waals surface area contributed by atoms with Gasteiger partial charge in [-0.15, -0.1) is 0 Å². The van der Waals surface area contributed by atoms with E-state index < -0.39 is 0 Å². The normalized spacial score (nSPS) is 11.6. The number of carbonyl (C=O) groups excluding carboxylic acids is 1. The first kappa shape index (κ1) is 19.0. The summed E-state index contributed by atoms with van der Waals surface area (Å²) in [6.07, 6.45) is 0.927. The number of methoxy groups -OCH3 is 3. The molecule has 27 heavy (non-hydrogen) atoms. The minimum absolute atomic E-state index is 0.349. The van der Waals surface area contributed by atoms with Gasteiger partial charge in [0, 0.05) is 18.7 Å². The minimum atomic E-state index is -0.349. The molecule has 0 unspecified atom stereocenters. The van der Waals surface area contributed by atoms with Crippen molar-refractivity contribution in [2.45, 2.75) is 19.9 Å². The summed E-state index contributed by atoms with van der Waals surface area (Å²) in [4.78, 5) is 17.9. The molecule has 3 rings (SSSR count). The summed E-state index contributed by atoms with van der Waals surface area (Å²) < 4.78 is 19.0. The first-order valence-electron chi connectivity index (χ1n) is 8.59. The predicted molar refractivity (Wildman–Crippen MR) is 106 cm³/mol. The van der Waals surface area contributed by atoms with E-state index in [0.717, 1.165) is 28.9 Å². The van der Waals surface area contributed by atoms with Gasteiger partial charge < -0.3 is 18.8 Å². The Morgan fingerprint density at radius 2 is 1.74 bits per heavy atom. The van der Waals surface area contributed by atoms with Crippen molar-refractivity contribution in [3.63, 3.8) is 0 Å². The van der Waals surface area contributed by atoms with E-state index in [9.17, 15) is 4.79 Å². The van der Waals surface area contributed by atoms with E-state index in [1.54, 1.807) is 32.4 Å². The summed E-state index contributed by atoms with van der Waals surface area (Å²) in [5, 5.41) is 0. The highest BCUT2D eigenvalue weighted by atomic mass is 32.1. The quantitative estimate of drug-likeness (QED) is 0.645. The van der Waals surface area contributed by atoms with E-state index in [4.69, 9.17) is 14.2 Å². The van der Waals surface area contributed by atoms with Crippen LogP contribution in [0.25, 0.3) is 10.2 Å². The molecule has 0 bridgehead atoms. The first-order chi connectivity index (χ1) is 13.1. The number of thiazole rings is 1. The molecule has 1 amide bonds. The van der Waals surface area contributed by atoms with Crippen LogP contribution in [0.15, 0.2) is 41.4 Å². The van der Waals surface area contributed by atoms with Crippen LogP contribution >= 0.6 is 11.3 Å². The lowest BCUT2D eigenvalue weighted by Crippen LogP contribution is -2.17. The maximum absolute atomic E-state index is 12.8. The Labute approximate surface area is 161 Å². The second-order valence-corrected chi connectivity index (χ2v) is 6.86. The van der Waals surface area contributed by atoms with Gasteiger partial charge in [0.15, 0.2) is 4.80 Å². The second kappa shape index (κ2) is 8.26. The molecule has 6 nitrogen and oxygen atoms in total. The molecule has 0 atom stereocenters. The van der Waals surface area contributed by atoms with Gasteiger partial charge in [-0.3, -0.25) is 4.79 Å². The van der Waals surface area contributed by atoms with Crippen LogP contribution in [0.5, 0.6) is 17.2 Å². The van der Waals surface area contributed by atoms with E-state index >= 15 is 0 Å². The Hall–Kier alpha value is -2.80. The number of hydrogen-bond acceptors (Lipinski definition) is 5. The first-order valence-corrected chi connectivity index (χ1v) is 9.41. The molecule has 0 N–H and O–H groups in total. The molecule has 3 aromatic rings. The molecule has 0 spiro atoms. The molecular weight excluding hydrogens is 364 g/mol. The summed E-state index contributed by atoms with van der Waals surface area (Å²) in [5.41, 5.74) is 1.41. The molecule has 2 aromatic carbocycles. The Balaban J connectivity index is 2.12. The minimum Gasteiger partial charge on any atom is -0.497 e. The third-order valence-electron chi connectivity index (χ3n) is 4.17. The molecule has 0 aliphatic heterocycles. The summed E-state index contributed by atoms with van der Waals surface area (Å²) in [7, 11) is 4.73. The maximum Gasteiger partial charge on any atom is 0.283 e. The van der Waals surface area contributed by atoms with Crippen LogP contribution in [0.1, 0.15) is 23.7 Å². The van der Waals surface area contributed by atoms with Gasteiger partial charge in [-0.05, 0) is 30.7 Å². The number of carbonyl (C=O) groups is 1. The van der Waals surface area contributed by atoms with Crippen LogP contribution in [0.4, 0.5) is 0 Å². The molecule has 1 heterocycles. The number of benzene rings is 2. The van der Waals surface area contributed by atoms with Gasteiger partial charge in [0.2, 0.25) is 0 Å². The van der Waals surface area contributed by atoms with Crippen molar-refractivity contribution in [2.75, 3.05) is 21.3 Å². The zero-order valence-corrected chi connectivity index (χ0v) is 16.6. The van der Waals surface area contributed by atoms with Crippen LogP contribution in [0.2, 0.25) is 0 Å². The van der Waals surface area contributed by atoms with Crippen molar-refractivity contribution in [1.29, 1.82) is 0 Å². The molecule has 7 heteroatoms. The smallest absolute Gasteiger partial charge is 0.283 e. The fraction of sp³-hybridized carbons (Fsp3) is 0.300. The molecule has 142 valence electrons. The van der Waals surface area contributed by atoms with E-state index in [2.05, 4.69) is 16.5 Å². The maximum atomic E-state index is 12.8. The van der Waals surface area contributed by atoms with Gasteiger partial charge in [-0.1, -0.05) is 18.3 Å². The van der Waals surface area contributed by atoms with E-state index in [0.29, 0.717) is 21.9 Å². The lowest BCUT2D eigenvalue weighted by Gasteiger charge is -2.07. The van der Waals surface area contributed by atoms with Gasteiger partial charge in [0.05, 0.1) is 37.1 Å². The van der Waals surface area contributed by atoms with E-state index in [1.165, 1.54) is 18.4 Å². The Morgan fingerprint density at radius 3 is 2.41 bits per heavy atom. The fourth-order valence-electron chi connectivity index (χ4n) is 2.82. The Bertz CT molecular complexity index is 1040. The van der Waals surface area contributed by atoms with E-state index in [-0.39, 0.29) is 5.91 Å². The van der Waals surface area contributed by atoms with Gasteiger partial charge >= 0.3 is 0 Å². The molecule has 0 radical (unpaired) electrons. The topological polar surface area (TPSA) is 62.1 Å². The third kappa shape index (κ3) is 3.83. The molecule has 0 fully saturated rings. The number of aromatic nitrogens is 1. The van der Waals surface area contributed by atoms with Crippen LogP contribution < -0.4 is 19.0 Å². The lowest BCUT2D eigenvalue weighted by molar-refractivity contribution is 0.0995. The largest absolute Gasteiger partial charge is 0.497 e. The van der Waals surface area contributed by atoms with Gasteiger partial charge in [-0.25, -0.2) is 0 Å². The van der Waals surface area contributed by atoms with Crippen molar-refractivity contribution >= 4 is 27.5 Å². The summed E-state index contributed by atoms with van der Waals surface area (Å²) in [5.74, 6) is 1.49. The number of aryl methyl sites for hydroxylation is 1. The standard InChI is InChI=1S/C20H22N2O4S/c1-5-10-22-16-11-13(24-2)7-9-18(16)27-20(22)21-19(23)15-8-6-14(25-3)12-17(15)26-4/h6-9,11-12H,5,10H2,1-4H3. The second-order valence-electron chi connectivity index (χ2n) is 5.85. The zero-order chi connectivity index (χ0) is 19.4. The number of amides is 1. The highest BCUT2D eigenvalue weighted by Gasteiger charge is 2.14. The van der Waals surface area contributed by atoms with Gasteiger partial charge in [-0.2, -0.15) is 4.99 Å². The number of fused-ring (bicyclic) bond motifs is 1. The van der Waals surface area contributed by atoms with Crippen molar-refractivity contribution in [3.05, 3.63) is 46.8 Å². The summed E-state index contributed by atoms with van der Waals surface area (Å²) >= 11 is 1.48. The molecule has 0 saturated carbocycles. The third-order valence-corrected chi connectivity index (χ3v) is 5.23.